The lowest BCUT2D eigenvalue weighted by molar-refractivity contribution is -0.123. The molecule has 1 radical (unpaired) electrons. The molecule has 0 saturated carbocycles. The molecule has 0 unspecified atom stereocenters. The molecule has 1 N–H and O–H groups in total. The molecular weight excluding hydrogens is 380 g/mol. The number of ether oxygens (including phenoxy) is 1. The van der Waals surface area contributed by atoms with Crippen molar-refractivity contribution in [3.63, 3.8) is 0 Å². The predicted octanol–water partition coefficient (Wildman–Crippen LogP) is 1.88. The van der Waals surface area contributed by atoms with Crippen molar-refractivity contribution < 1.29 is 22.7 Å². The summed E-state index contributed by atoms with van der Waals surface area (Å²) in [5.74, 6) is 0.316. The van der Waals surface area contributed by atoms with Crippen LogP contribution in [0, 0.1) is 0 Å². The number of carbonyl (C=O) groups is 2. The molecule has 2 amide bonds. The average molecular weight is 399 g/mol. The van der Waals surface area contributed by atoms with Crippen LogP contribution in [0.15, 0.2) is 29.3 Å². The van der Waals surface area contributed by atoms with E-state index in [1.807, 2.05) is 0 Å². The zero-order chi connectivity index (χ0) is 19.5. The number of nitrogens with one attached hydrogen (secondary N) is 1. The van der Waals surface area contributed by atoms with Crippen LogP contribution >= 0.6 is 11.8 Å². The Bertz CT molecular complexity index is 829. The van der Waals surface area contributed by atoms with Gasteiger partial charge in [0.15, 0.2) is 5.17 Å². The summed E-state index contributed by atoms with van der Waals surface area (Å²) in [6.07, 6.45) is -1.10. The normalized spacial score (nSPS) is 16.7. The molecule has 0 atom stereocenters. The van der Waals surface area contributed by atoms with Gasteiger partial charge in [0.05, 0.1) is 17.1 Å². The minimum absolute atomic E-state index is 0.0281. The Labute approximate surface area is 156 Å². The number of rotatable bonds is 4. The number of hydrogen-bond donors (Lipinski definition) is 1. The highest BCUT2D eigenvalue weighted by atomic mass is 32.2. The second-order valence-corrected chi connectivity index (χ2v) is 8.60. The fraction of sp³-hybridized carbons (Fsp3) is 0.400. The van der Waals surface area contributed by atoms with E-state index >= 15 is 0 Å². The first kappa shape index (κ1) is 20.0. The van der Waals surface area contributed by atoms with E-state index in [1.165, 1.54) is 28.8 Å². The fourth-order valence-electron chi connectivity index (χ4n) is 1.80. The van der Waals surface area contributed by atoms with Crippen LogP contribution in [0.2, 0.25) is 0 Å². The number of hydrogen-bond acceptors (Lipinski definition) is 7. The van der Waals surface area contributed by atoms with Crippen LogP contribution in [0.3, 0.4) is 0 Å². The minimum atomic E-state index is -4.25. The lowest BCUT2D eigenvalue weighted by Crippen LogP contribution is -2.39. The minimum Gasteiger partial charge on any atom is -0.443 e. The summed E-state index contributed by atoms with van der Waals surface area (Å²) in [6, 6.07) is 6.00. The molecule has 0 aliphatic carbocycles. The van der Waals surface area contributed by atoms with Gasteiger partial charge in [-0.3, -0.25) is 9.69 Å². The number of amidine groups is 1. The van der Waals surface area contributed by atoms with Gasteiger partial charge in [-0.15, -0.1) is 4.72 Å². The van der Waals surface area contributed by atoms with Crippen molar-refractivity contribution in [2.45, 2.75) is 26.4 Å². The maximum absolute atomic E-state index is 11.9. The van der Waals surface area contributed by atoms with E-state index in [9.17, 15) is 18.0 Å². The summed E-state index contributed by atoms with van der Waals surface area (Å²) in [4.78, 5) is 28.8. The molecule has 1 aliphatic heterocycles. The topological polar surface area (TPSA) is 119 Å². The van der Waals surface area contributed by atoms with Crippen LogP contribution in [0.25, 0.3) is 0 Å². The Hall–Kier alpha value is -2.27. The second kappa shape index (κ2) is 7.54. The quantitative estimate of drug-likeness (QED) is 0.826. The molecule has 1 heterocycles. The van der Waals surface area contributed by atoms with Gasteiger partial charge in [-0.05, 0) is 45.0 Å². The number of carbonyl (C=O) groups excluding carboxylic acids is 2. The highest BCUT2D eigenvalue weighted by Gasteiger charge is 2.24. The molecule has 1 saturated heterocycles. The Balaban J connectivity index is 2.01. The van der Waals surface area contributed by atoms with E-state index in [4.69, 9.17) is 4.74 Å². The molecule has 9 nitrogen and oxygen atoms in total. The number of aliphatic imine (C=N–C) groups is 1. The Kier molecular flexibility index (Phi) is 5.81. The van der Waals surface area contributed by atoms with Crippen molar-refractivity contribution >= 4 is 50.5 Å². The number of amides is 2. The first-order chi connectivity index (χ1) is 12.0. The van der Waals surface area contributed by atoms with Crippen molar-refractivity contribution in [3.05, 3.63) is 24.3 Å². The lowest BCUT2D eigenvalue weighted by atomic mass is 10.2. The van der Waals surface area contributed by atoms with Crippen molar-refractivity contribution in [3.8, 4) is 0 Å². The van der Waals surface area contributed by atoms with Gasteiger partial charge in [0, 0.05) is 7.05 Å². The SMILES string of the molecule is CN1C(=O)CSC1=Nc1ccc([N]S(=O)(=O)NC(=O)OC(C)(C)C)cc1. The number of benzene rings is 1. The van der Waals surface area contributed by atoms with Crippen LogP contribution in [-0.4, -0.2) is 48.9 Å². The van der Waals surface area contributed by atoms with Crippen molar-refractivity contribution in [2.75, 3.05) is 12.8 Å². The lowest BCUT2D eigenvalue weighted by Gasteiger charge is -2.19. The van der Waals surface area contributed by atoms with E-state index in [-0.39, 0.29) is 11.6 Å². The summed E-state index contributed by atoms with van der Waals surface area (Å²) in [6.45, 7) is 4.85. The zero-order valence-corrected chi connectivity index (χ0v) is 16.3. The second-order valence-electron chi connectivity index (χ2n) is 6.32. The van der Waals surface area contributed by atoms with Crippen LogP contribution in [-0.2, 0) is 19.7 Å². The summed E-state index contributed by atoms with van der Waals surface area (Å²) < 4.78 is 33.9. The molecule has 1 aliphatic rings. The summed E-state index contributed by atoms with van der Waals surface area (Å²) >= 11 is 1.32. The fourth-order valence-corrected chi connectivity index (χ4v) is 3.41. The summed E-state index contributed by atoms with van der Waals surface area (Å²) in [5, 5.41) is 0.568. The highest BCUT2D eigenvalue weighted by Crippen LogP contribution is 2.23. The molecule has 11 heteroatoms. The van der Waals surface area contributed by atoms with Crippen LogP contribution in [0.1, 0.15) is 20.8 Å². The van der Waals surface area contributed by atoms with Gasteiger partial charge < -0.3 is 4.74 Å². The van der Waals surface area contributed by atoms with Gasteiger partial charge in [-0.1, -0.05) is 11.8 Å². The van der Waals surface area contributed by atoms with E-state index < -0.39 is 21.9 Å². The number of thioether (sulfide) groups is 1. The molecule has 1 fully saturated rings. The van der Waals surface area contributed by atoms with Crippen molar-refractivity contribution in [1.29, 1.82) is 0 Å². The van der Waals surface area contributed by atoms with E-state index in [0.717, 1.165) is 0 Å². The molecule has 1 aromatic rings. The zero-order valence-electron chi connectivity index (χ0n) is 14.7. The molecule has 26 heavy (non-hydrogen) atoms. The van der Waals surface area contributed by atoms with Gasteiger partial charge in [0.25, 0.3) is 0 Å². The third-order valence-electron chi connectivity index (χ3n) is 2.90. The molecule has 0 aromatic heterocycles. The van der Waals surface area contributed by atoms with Gasteiger partial charge in [-0.25, -0.2) is 9.79 Å². The maximum atomic E-state index is 11.9. The van der Waals surface area contributed by atoms with Crippen LogP contribution in [0.5, 0.6) is 0 Å². The van der Waals surface area contributed by atoms with Gasteiger partial charge in [0.1, 0.15) is 5.60 Å². The Morgan fingerprint density at radius 2 is 1.81 bits per heavy atom. The monoisotopic (exact) mass is 399 g/mol. The summed E-state index contributed by atoms with van der Waals surface area (Å²) in [5.41, 5.74) is -0.160. The van der Waals surface area contributed by atoms with Crippen LogP contribution in [0.4, 0.5) is 16.2 Å². The Morgan fingerprint density at radius 1 is 1.23 bits per heavy atom. The highest BCUT2D eigenvalue weighted by molar-refractivity contribution is 8.15. The molecule has 1 aromatic carbocycles. The first-order valence-corrected chi connectivity index (χ1v) is 9.95. The molecular formula is C15H19N4O5S2. The predicted molar refractivity (Wildman–Crippen MR) is 98.8 cm³/mol. The third-order valence-corrected chi connectivity index (χ3v) is 4.79. The van der Waals surface area contributed by atoms with Crippen molar-refractivity contribution in [1.82, 2.24) is 14.3 Å². The first-order valence-electron chi connectivity index (χ1n) is 7.52. The van der Waals surface area contributed by atoms with Crippen LogP contribution < -0.4 is 9.44 Å². The summed E-state index contributed by atoms with van der Waals surface area (Å²) in [7, 11) is -2.61. The van der Waals surface area contributed by atoms with Gasteiger partial charge >= 0.3 is 16.3 Å². The van der Waals surface area contributed by atoms with E-state index in [1.54, 1.807) is 44.7 Å². The largest absolute Gasteiger partial charge is 0.443 e. The molecule has 2 rings (SSSR count). The molecule has 0 bridgehead atoms. The van der Waals surface area contributed by atoms with Crippen molar-refractivity contribution in [2.24, 2.45) is 4.99 Å². The van der Waals surface area contributed by atoms with E-state index in [0.29, 0.717) is 16.6 Å². The van der Waals surface area contributed by atoms with Gasteiger partial charge in [-0.2, -0.15) is 13.1 Å². The number of nitrogens with zero attached hydrogens (tertiary/aromatic N) is 3. The van der Waals surface area contributed by atoms with Gasteiger partial charge in [0.2, 0.25) is 5.91 Å². The third kappa shape index (κ3) is 5.92. The average Bonchev–Trinajstić information content (AvgIpc) is 2.78. The smallest absolute Gasteiger partial charge is 0.422 e. The maximum Gasteiger partial charge on any atom is 0.422 e. The molecule has 141 valence electrons. The Morgan fingerprint density at radius 3 is 2.31 bits per heavy atom. The standard InChI is InChI=1S/C15H19N4O5S2/c1-15(2,3)24-14(21)18-26(22,23)17-11-7-5-10(6-8-11)16-13-19(4)12(20)9-25-13/h5-8H,9H2,1-4H3,(H,18,21). The van der Waals surface area contributed by atoms with E-state index in [2.05, 4.69) is 9.71 Å². The molecule has 0 spiro atoms.